The summed E-state index contributed by atoms with van der Waals surface area (Å²) in [6.07, 6.45) is -4.71. The molecule has 5 nitrogen and oxygen atoms in total. The number of rotatable bonds is 4. The maximum absolute atomic E-state index is 13.2. The average molecular weight is 426 g/mol. The van der Waals surface area contributed by atoms with Gasteiger partial charge in [0, 0.05) is 19.0 Å². The number of hydrogen-bond donors (Lipinski definition) is 2. The summed E-state index contributed by atoms with van der Waals surface area (Å²) in [5.74, 6) is -3.51. The topological polar surface area (TPSA) is 75.4 Å². The highest BCUT2D eigenvalue weighted by atomic mass is 35.5. The van der Waals surface area contributed by atoms with Crippen molar-refractivity contribution in [3.05, 3.63) is 35.6 Å². The van der Waals surface area contributed by atoms with E-state index in [-0.39, 0.29) is 30.8 Å². The normalized spacial score (nSPS) is 21.1. The van der Waals surface area contributed by atoms with Crippen molar-refractivity contribution in [3.63, 3.8) is 0 Å². The van der Waals surface area contributed by atoms with E-state index >= 15 is 0 Å². The summed E-state index contributed by atoms with van der Waals surface area (Å²) in [5, 5.41) is 1.98. The second kappa shape index (κ2) is 9.56. The number of benzene rings is 1. The lowest BCUT2D eigenvalue weighted by atomic mass is 9.84. The summed E-state index contributed by atoms with van der Waals surface area (Å²) in [5.41, 5.74) is 6.47. The van der Waals surface area contributed by atoms with Crippen LogP contribution in [0.5, 0.6) is 0 Å². The molecule has 0 saturated carbocycles. The fourth-order valence-electron chi connectivity index (χ4n) is 3.15. The van der Waals surface area contributed by atoms with Crippen LogP contribution in [0.3, 0.4) is 0 Å². The molecular weight excluding hydrogens is 402 g/mol. The zero-order valence-electron chi connectivity index (χ0n) is 15.5. The van der Waals surface area contributed by atoms with Gasteiger partial charge in [0.15, 0.2) is 0 Å². The number of carbonyl (C=O) groups excluding carboxylic acids is 2. The van der Waals surface area contributed by atoms with E-state index in [9.17, 15) is 27.2 Å². The largest absolute Gasteiger partial charge is 0.471 e. The Morgan fingerprint density at radius 3 is 2.29 bits per heavy atom. The number of nitrogens with one attached hydrogen (secondary N) is 1. The molecule has 3 atom stereocenters. The van der Waals surface area contributed by atoms with Crippen molar-refractivity contribution in [3.8, 4) is 0 Å². The first-order valence-electron chi connectivity index (χ1n) is 8.68. The van der Waals surface area contributed by atoms with E-state index in [2.05, 4.69) is 0 Å². The van der Waals surface area contributed by atoms with E-state index in [1.54, 1.807) is 13.8 Å². The Kier molecular flexibility index (Phi) is 8.25. The second-order valence-corrected chi connectivity index (χ2v) is 7.08. The molecule has 0 radical (unpaired) electrons. The molecule has 0 bridgehead atoms. The van der Waals surface area contributed by atoms with Gasteiger partial charge in [0.05, 0.1) is 12.1 Å². The smallest absolute Gasteiger partial charge is 0.343 e. The molecule has 1 aliphatic heterocycles. The Hall–Kier alpha value is -1.87. The van der Waals surface area contributed by atoms with Crippen molar-refractivity contribution in [1.82, 2.24) is 10.2 Å². The zero-order chi connectivity index (χ0) is 20.4. The van der Waals surface area contributed by atoms with Gasteiger partial charge < -0.3 is 16.0 Å². The van der Waals surface area contributed by atoms with Gasteiger partial charge in [0.2, 0.25) is 5.91 Å². The third kappa shape index (κ3) is 5.81. The predicted molar refractivity (Wildman–Crippen MR) is 98.4 cm³/mol. The van der Waals surface area contributed by atoms with Gasteiger partial charge in [-0.1, -0.05) is 26.0 Å². The lowest BCUT2D eigenvalue weighted by Crippen LogP contribution is -2.58. The molecule has 1 aliphatic rings. The third-order valence-corrected chi connectivity index (χ3v) is 4.80. The van der Waals surface area contributed by atoms with Crippen LogP contribution in [0.15, 0.2) is 24.3 Å². The molecule has 10 heteroatoms. The average Bonchev–Trinajstić information content (AvgIpc) is 2.60. The molecule has 158 valence electrons. The fraction of sp³-hybridized carbons (Fsp3) is 0.556. The van der Waals surface area contributed by atoms with Crippen LogP contribution < -0.4 is 11.1 Å². The summed E-state index contributed by atoms with van der Waals surface area (Å²) >= 11 is 0. The van der Waals surface area contributed by atoms with E-state index in [1.165, 1.54) is 29.2 Å². The number of nitrogens with zero attached hydrogens (tertiary/aromatic N) is 1. The van der Waals surface area contributed by atoms with Crippen LogP contribution in [0.25, 0.3) is 0 Å². The van der Waals surface area contributed by atoms with Gasteiger partial charge in [-0.05, 0) is 30.0 Å². The number of alkyl halides is 3. The highest BCUT2D eigenvalue weighted by molar-refractivity contribution is 5.85. The summed E-state index contributed by atoms with van der Waals surface area (Å²) < 4.78 is 51.3. The zero-order valence-corrected chi connectivity index (χ0v) is 16.3. The number of carbonyl (C=O) groups is 2. The van der Waals surface area contributed by atoms with E-state index in [0.717, 1.165) is 0 Å². The van der Waals surface area contributed by atoms with Gasteiger partial charge in [-0.25, -0.2) is 4.39 Å². The molecule has 1 saturated heterocycles. The number of halogens is 5. The molecule has 28 heavy (non-hydrogen) atoms. The molecule has 1 aromatic carbocycles. The molecule has 3 N–H and O–H groups in total. The Morgan fingerprint density at radius 2 is 1.79 bits per heavy atom. The van der Waals surface area contributed by atoms with Crippen molar-refractivity contribution in [2.75, 3.05) is 13.1 Å². The van der Waals surface area contributed by atoms with E-state index in [1.807, 2.05) is 5.32 Å². The molecule has 1 fully saturated rings. The molecule has 2 amide bonds. The maximum Gasteiger partial charge on any atom is 0.471 e. The van der Waals surface area contributed by atoms with Gasteiger partial charge in [-0.15, -0.1) is 12.4 Å². The lowest BCUT2D eigenvalue weighted by Gasteiger charge is -2.40. The predicted octanol–water partition coefficient (Wildman–Crippen LogP) is 2.59. The van der Waals surface area contributed by atoms with Crippen molar-refractivity contribution < 1.29 is 27.2 Å². The minimum absolute atomic E-state index is 0. The Bertz CT molecular complexity index is 682. The SMILES string of the molecule is CC(C)[C@H](N)C(=O)N1CCC(c2ccc(F)cc2)C(NC(=O)C(F)(F)F)C1.Cl. The molecule has 1 aromatic rings. The number of amides is 2. The number of hydrogen-bond acceptors (Lipinski definition) is 3. The summed E-state index contributed by atoms with van der Waals surface area (Å²) in [4.78, 5) is 25.3. The first kappa shape index (κ1) is 24.2. The molecule has 0 aliphatic carbocycles. The van der Waals surface area contributed by atoms with Crippen LogP contribution in [0.1, 0.15) is 31.7 Å². The Balaban J connectivity index is 0.00000392. The van der Waals surface area contributed by atoms with Gasteiger partial charge >= 0.3 is 12.1 Å². The van der Waals surface area contributed by atoms with E-state index in [4.69, 9.17) is 5.73 Å². The molecule has 1 heterocycles. The third-order valence-electron chi connectivity index (χ3n) is 4.80. The summed E-state index contributed by atoms with van der Waals surface area (Å²) in [6, 6.07) is 3.65. The molecule has 2 rings (SSSR count). The van der Waals surface area contributed by atoms with Gasteiger partial charge in [0.25, 0.3) is 0 Å². The van der Waals surface area contributed by atoms with Crippen LogP contribution in [0.4, 0.5) is 17.6 Å². The summed E-state index contributed by atoms with van der Waals surface area (Å²) in [6.45, 7) is 3.75. The summed E-state index contributed by atoms with van der Waals surface area (Å²) in [7, 11) is 0. The molecule has 0 spiro atoms. The monoisotopic (exact) mass is 425 g/mol. The highest BCUT2D eigenvalue weighted by Crippen LogP contribution is 2.30. The van der Waals surface area contributed by atoms with Gasteiger partial charge in [-0.3, -0.25) is 9.59 Å². The molecule has 0 aromatic heterocycles. The van der Waals surface area contributed by atoms with Crippen LogP contribution in [0, 0.1) is 11.7 Å². The van der Waals surface area contributed by atoms with Crippen molar-refractivity contribution in [2.24, 2.45) is 11.7 Å². The van der Waals surface area contributed by atoms with Crippen LogP contribution in [-0.2, 0) is 9.59 Å². The first-order valence-corrected chi connectivity index (χ1v) is 8.68. The van der Waals surface area contributed by atoms with E-state index < -0.39 is 35.9 Å². The van der Waals surface area contributed by atoms with Crippen molar-refractivity contribution in [2.45, 2.75) is 44.4 Å². The standard InChI is InChI=1S/C18H23F4N3O2.ClH/c1-10(2)15(23)16(26)25-8-7-13(11-3-5-12(19)6-4-11)14(9-25)24-17(27)18(20,21)22;/h3-6,10,13-15H,7-9,23H2,1-2H3,(H,24,27);1H/t13?,14?,15-;/m0./s1. The number of nitrogens with two attached hydrogens (primary N) is 1. The van der Waals surface area contributed by atoms with Crippen LogP contribution in [0.2, 0.25) is 0 Å². The number of likely N-dealkylation sites (tertiary alicyclic amines) is 1. The van der Waals surface area contributed by atoms with Crippen LogP contribution >= 0.6 is 12.4 Å². The Labute approximate surface area is 167 Å². The maximum atomic E-state index is 13.2. The van der Waals surface area contributed by atoms with Crippen molar-refractivity contribution in [1.29, 1.82) is 0 Å². The van der Waals surface area contributed by atoms with E-state index in [0.29, 0.717) is 18.5 Å². The quantitative estimate of drug-likeness (QED) is 0.728. The highest BCUT2D eigenvalue weighted by Gasteiger charge is 2.43. The van der Waals surface area contributed by atoms with Gasteiger partial charge in [0.1, 0.15) is 5.82 Å². The minimum Gasteiger partial charge on any atom is -0.343 e. The minimum atomic E-state index is -5.03. The van der Waals surface area contributed by atoms with Crippen molar-refractivity contribution >= 4 is 24.2 Å². The second-order valence-electron chi connectivity index (χ2n) is 7.08. The molecular formula is C18H24ClF4N3O2. The van der Waals surface area contributed by atoms with Crippen LogP contribution in [-0.4, -0.2) is 48.1 Å². The fourth-order valence-corrected chi connectivity index (χ4v) is 3.15. The first-order chi connectivity index (χ1) is 12.5. The Morgan fingerprint density at radius 1 is 1.21 bits per heavy atom. The lowest BCUT2D eigenvalue weighted by molar-refractivity contribution is -0.175. The molecule has 2 unspecified atom stereocenters. The van der Waals surface area contributed by atoms with Gasteiger partial charge in [-0.2, -0.15) is 13.2 Å². The number of piperidine rings is 1.